The fraction of sp³-hybridized carbons (Fsp3) is 1.00. The second kappa shape index (κ2) is 6.36. The lowest BCUT2D eigenvalue weighted by Gasteiger charge is -2.45. The van der Waals surface area contributed by atoms with Gasteiger partial charge in [-0.2, -0.15) is 11.8 Å². The Bertz CT molecular complexity index is 277. The van der Waals surface area contributed by atoms with Crippen LogP contribution in [0.15, 0.2) is 0 Å². The standard InChI is InChI=1S/C16H28O2S/c17-15(13-4-2-1-3-5-13)14-6-9-18-16(12-14)7-10-19-11-8-16/h13-15,17H,1-12H2. The van der Waals surface area contributed by atoms with Crippen LogP contribution < -0.4 is 0 Å². The molecule has 2 unspecified atom stereocenters. The van der Waals surface area contributed by atoms with Crippen molar-refractivity contribution >= 4 is 11.8 Å². The molecular weight excluding hydrogens is 256 g/mol. The van der Waals surface area contributed by atoms with Crippen LogP contribution in [0.2, 0.25) is 0 Å². The van der Waals surface area contributed by atoms with Gasteiger partial charge in [0.25, 0.3) is 0 Å². The molecule has 110 valence electrons. The predicted molar refractivity (Wildman–Crippen MR) is 80.5 cm³/mol. The summed E-state index contributed by atoms with van der Waals surface area (Å²) in [5, 5.41) is 10.8. The first-order chi connectivity index (χ1) is 9.29. The number of hydrogen-bond acceptors (Lipinski definition) is 3. The molecule has 0 amide bonds. The van der Waals surface area contributed by atoms with Crippen molar-refractivity contribution in [1.82, 2.24) is 0 Å². The van der Waals surface area contributed by atoms with E-state index in [0.29, 0.717) is 11.8 Å². The van der Waals surface area contributed by atoms with Gasteiger partial charge in [-0.05, 0) is 61.9 Å². The van der Waals surface area contributed by atoms with E-state index in [1.54, 1.807) is 0 Å². The second-order valence-corrected chi connectivity index (χ2v) is 8.01. The van der Waals surface area contributed by atoms with Crippen LogP contribution in [0, 0.1) is 11.8 Å². The number of aliphatic hydroxyl groups is 1. The molecule has 2 heterocycles. The molecule has 1 aliphatic carbocycles. The molecule has 1 saturated carbocycles. The summed E-state index contributed by atoms with van der Waals surface area (Å²) in [5.74, 6) is 3.56. The Kier molecular flexibility index (Phi) is 4.76. The Morgan fingerprint density at radius 2 is 1.74 bits per heavy atom. The van der Waals surface area contributed by atoms with Gasteiger partial charge < -0.3 is 9.84 Å². The van der Waals surface area contributed by atoms with Crippen molar-refractivity contribution in [1.29, 1.82) is 0 Å². The summed E-state index contributed by atoms with van der Waals surface area (Å²) in [6.45, 7) is 0.874. The van der Waals surface area contributed by atoms with Gasteiger partial charge in [0, 0.05) is 6.61 Å². The molecule has 3 aliphatic rings. The second-order valence-electron chi connectivity index (χ2n) is 6.79. The van der Waals surface area contributed by atoms with E-state index in [1.165, 1.54) is 56.5 Å². The quantitative estimate of drug-likeness (QED) is 0.840. The van der Waals surface area contributed by atoms with Gasteiger partial charge in [-0.1, -0.05) is 19.3 Å². The van der Waals surface area contributed by atoms with Crippen LogP contribution in [0.1, 0.15) is 57.8 Å². The minimum atomic E-state index is -0.0596. The molecular formula is C16H28O2S. The van der Waals surface area contributed by atoms with Crippen molar-refractivity contribution in [2.75, 3.05) is 18.1 Å². The minimum Gasteiger partial charge on any atom is -0.393 e. The average molecular weight is 284 g/mol. The van der Waals surface area contributed by atoms with Gasteiger partial charge in [0.15, 0.2) is 0 Å². The highest BCUT2D eigenvalue weighted by atomic mass is 32.2. The molecule has 0 radical (unpaired) electrons. The van der Waals surface area contributed by atoms with E-state index in [1.807, 2.05) is 0 Å². The van der Waals surface area contributed by atoms with E-state index in [2.05, 4.69) is 11.8 Å². The van der Waals surface area contributed by atoms with Crippen LogP contribution in [0.5, 0.6) is 0 Å². The summed E-state index contributed by atoms with van der Waals surface area (Å²) < 4.78 is 6.15. The summed E-state index contributed by atoms with van der Waals surface area (Å²) in [4.78, 5) is 0. The summed E-state index contributed by atoms with van der Waals surface area (Å²) in [6, 6.07) is 0. The van der Waals surface area contributed by atoms with E-state index in [-0.39, 0.29) is 11.7 Å². The van der Waals surface area contributed by atoms with E-state index < -0.39 is 0 Å². The van der Waals surface area contributed by atoms with Crippen molar-refractivity contribution in [2.45, 2.75) is 69.5 Å². The number of thioether (sulfide) groups is 1. The number of rotatable bonds is 2. The average Bonchev–Trinajstić information content (AvgIpc) is 2.48. The number of aliphatic hydroxyl groups excluding tert-OH is 1. The largest absolute Gasteiger partial charge is 0.393 e. The Morgan fingerprint density at radius 3 is 2.47 bits per heavy atom. The maximum absolute atomic E-state index is 10.8. The SMILES string of the molecule is OC(C1CCCCC1)C1CCOC2(CCSCC2)C1. The molecule has 0 aromatic rings. The van der Waals surface area contributed by atoms with E-state index in [4.69, 9.17) is 4.74 Å². The summed E-state index contributed by atoms with van der Waals surface area (Å²) in [6.07, 6.45) is 11.1. The third-order valence-electron chi connectivity index (χ3n) is 5.55. The molecule has 2 aliphatic heterocycles. The fourth-order valence-electron chi connectivity index (χ4n) is 4.31. The van der Waals surface area contributed by atoms with Crippen molar-refractivity contribution in [3.63, 3.8) is 0 Å². The van der Waals surface area contributed by atoms with Gasteiger partial charge in [0.2, 0.25) is 0 Å². The van der Waals surface area contributed by atoms with Crippen LogP contribution in [-0.2, 0) is 4.74 Å². The first kappa shape index (κ1) is 14.2. The van der Waals surface area contributed by atoms with Crippen molar-refractivity contribution in [3.05, 3.63) is 0 Å². The zero-order valence-corrected chi connectivity index (χ0v) is 12.8. The van der Waals surface area contributed by atoms with Gasteiger partial charge >= 0.3 is 0 Å². The molecule has 0 aromatic carbocycles. The van der Waals surface area contributed by atoms with E-state index in [0.717, 1.165) is 19.4 Å². The fourth-order valence-corrected chi connectivity index (χ4v) is 5.55. The van der Waals surface area contributed by atoms with Crippen LogP contribution in [0.3, 0.4) is 0 Å². The molecule has 0 aromatic heterocycles. The zero-order valence-electron chi connectivity index (χ0n) is 12.0. The lowest BCUT2D eigenvalue weighted by Crippen LogP contribution is -2.46. The monoisotopic (exact) mass is 284 g/mol. The maximum Gasteiger partial charge on any atom is 0.0701 e. The molecule has 0 bridgehead atoms. The smallest absolute Gasteiger partial charge is 0.0701 e. The minimum absolute atomic E-state index is 0.0596. The van der Waals surface area contributed by atoms with Crippen molar-refractivity contribution in [3.8, 4) is 0 Å². The number of ether oxygens (including phenoxy) is 1. The van der Waals surface area contributed by atoms with Crippen LogP contribution in [0.4, 0.5) is 0 Å². The van der Waals surface area contributed by atoms with Gasteiger partial charge in [-0.3, -0.25) is 0 Å². The topological polar surface area (TPSA) is 29.5 Å². The van der Waals surface area contributed by atoms with Gasteiger partial charge in [-0.15, -0.1) is 0 Å². The lowest BCUT2D eigenvalue weighted by molar-refractivity contribution is -0.128. The third kappa shape index (κ3) is 3.30. The first-order valence-electron chi connectivity index (χ1n) is 8.19. The maximum atomic E-state index is 10.8. The lowest BCUT2D eigenvalue weighted by atomic mass is 9.73. The van der Waals surface area contributed by atoms with Crippen LogP contribution in [-0.4, -0.2) is 34.9 Å². The van der Waals surface area contributed by atoms with Crippen LogP contribution in [0.25, 0.3) is 0 Å². The molecule has 19 heavy (non-hydrogen) atoms. The van der Waals surface area contributed by atoms with Gasteiger partial charge in [0.1, 0.15) is 0 Å². The van der Waals surface area contributed by atoms with Crippen molar-refractivity contribution < 1.29 is 9.84 Å². The Balaban J connectivity index is 1.60. The number of hydrogen-bond donors (Lipinski definition) is 1. The Morgan fingerprint density at radius 1 is 1.00 bits per heavy atom. The Hall–Kier alpha value is 0.270. The predicted octanol–water partition coefficient (Wildman–Crippen LogP) is 3.62. The molecule has 3 rings (SSSR count). The van der Waals surface area contributed by atoms with E-state index in [9.17, 15) is 5.11 Å². The molecule has 3 heteroatoms. The molecule has 2 atom stereocenters. The summed E-state index contributed by atoms with van der Waals surface area (Å²) >= 11 is 2.06. The molecule has 2 saturated heterocycles. The molecule has 2 nitrogen and oxygen atoms in total. The first-order valence-corrected chi connectivity index (χ1v) is 9.34. The van der Waals surface area contributed by atoms with Crippen LogP contribution >= 0.6 is 11.8 Å². The van der Waals surface area contributed by atoms with Gasteiger partial charge in [-0.25, -0.2) is 0 Å². The van der Waals surface area contributed by atoms with Crippen molar-refractivity contribution in [2.24, 2.45) is 11.8 Å². The highest BCUT2D eigenvalue weighted by Crippen LogP contribution is 2.43. The highest BCUT2D eigenvalue weighted by molar-refractivity contribution is 7.99. The normalized spacial score (nSPS) is 34.3. The highest BCUT2D eigenvalue weighted by Gasteiger charge is 2.42. The van der Waals surface area contributed by atoms with E-state index >= 15 is 0 Å². The summed E-state index contributed by atoms with van der Waals surface area (Å²) in [7, 11) is 0. The Labute approximate surface area is 121 Å². The molecule has 3 fully saturated rings. The summed E-state index contributed by atoms with van der Waals surface area (Å²) in [5.41, 5.74) is 0.129. The zero-order chi connectivity index (χ0) is 13.1. The van der Waals surface area contributed by atoms with Gasteiger partial charge in [0.05, 0.1) is 11.7 Å². The molecule has 1 N–H and O–H groups in total. The molecule has 1 spiro atoms. The third-order valence-corrected chi connectivity index (χ3v) is 6.54.